The minimum absolute atomic E-state index is 0.618. The lowest BCUT2D eigenvalue weighted by molar-refractivity contribution is -0.727. The highest BCUT2D eigenvalue weighted by molar-refractivity contribution is 4.90. The Labute approximate surface area is 259 Å². The molecule has 1 N–H and O–H groups in total. The fraction of sp³-hybridized carbons (Fsp3) is 0.923. The first-order chi connectivity index (χ1) is 20.2. The molecule has 242 valence electrons. The number of imidazole rings is 1. The molecular weight excluding hydrogens is 496 g/mol. The summed E-state index contributed by atoms with van der Waals surface area (Å²) in [7, 11) is 0. The van der Waals surface area contributed by atoms with E-state index in [1.165, 1.54) is 198 Å². The molecular formula is C39H77N2+. The van der Waals surface area contributed by atoms with Gasteiger partial charge in [0.05, 0.1) is 12.0 Å². The van der Waals surface area contributed by atoms with Gasteiger partial charge in [0.15, 0.2) is 0 Å². The van der Waals surface area contributed by atoms with Crippen LogP contribution in [0, 0.1) is 0 Å². The summed E-state index contributed by atoms with van der Waals surface area (Å²) in [4.78, 5) is 3.72. The first-order valence-electron chi connectivity index (χ1n) is 19.3. The van der Waals surface area contributed by atoms with Crippen molar-refractivity contribution >= 4 is 0 Å². The van der Waals surface area contributed by atoms with E-state index in [2.05, 4.69) is 49.6 Å². The van der Waals surface area contributed by atoms with E-state index >= 15 is 0 Å². The number of unbranched alkanes of at least 4 members (excludes halogenated alkanes) is 24. The number of hydrogen-bond acceptors (Lipinski definition) is 0. The van der Waals surface area contributed by atoms with E-state index < -0.39 is 0 Å². The van der Waals surface area contributed by atoms with E-state index in [4.69, 9.17) is 0 Å². The highest BCUT2D eigenvalue weighted by atomic mass is 15.1. The van der Waals surface area contributed by atoms with Crippen LogP contribution in [0.3, 0.4) is 0 Å². The van der Waals surface area contributed by atoms with Gasteiger partial charge in [-0.15, -0.1) is 0 Å². The summed E-state index contributed by atoms with van der Waals surface area (Å²) in [6.45, 7) is 9.37. The Bertz CT molecular complexity index is 635. The van der Waals surface area contributed by atoms with Crippen molar-refractivity contribution in [2.75, 3.05) is 0 Å². The maximum atomic E-state index is 3.72. The minimum atomic E-state index is 0.618. The van der Waals surface area contributed by atoms with Crippen molar-refractivity contribution in [2.24, 2.45) is 0 Å². The molecule has 0 aliphatic rings. The van der Waals surface area contributed by atoms with Crippen molar-refractivity contribution in [1.82, 2.24) is 4.98 Å². The molecule has 2 unspecified atom stereocenters. The van der Waals surface area contributed by atoms with Gasteiger partial charge >= 0.3 is 0 Å². The van der Waals surface area contributed by atoms with E-state index in [1.807, 2.05) is 0 Å². The molecule has 0 amide bonds. The molecule has 41 heavy (non-hydrogen) atoms. The molecule has 0 aliphatic carbocycles. The zero-order chi connectivity index (χ0) is 29.6. The van der Waals surface area contributed by atoms with Crippen molar-refractivity contribution in [2.45, 2.75) is 232 Å². The van der Waals surface area contributed by atoms with Crippen LogP contribution in [0.25, 0.3) is 0 Å². The van der Waals surface area contributed by atoms with Crippen LogP contribution in [0.4, 0.5) is 0 Å². The smallest absolute Gasteiger partial charge is 0.247 e. The van der Waals surface area contributed by atoms with Crippen LogP contribution in [-0.4, -0.2) is 4.98 Å². The Hall–Kier alpha value is -0.790. The second-order valence-electron chi connectivity index (χ2n) is 13.6. The van der Waals surface area contributed by atoms with Crippen LogP contribution in [0.2, 0.25) is 0 Å². The summed E-state index contributed by atoms with van der Waals surface area (Å²) >= 11 is 0. The molecule has 0 radical (unpaired) electrons. The van der Waals surface area contributed by atoms with Gasteiger partial charge in [-0.2, -0.15) is 0 Å². The molecule has 0 aromatic carbocycles. The van der Waals surface area contributed by atoms with Crippen LogP contribution in [0.15, 0.2) is 12.4 Å². The first-order valence-corrected chi connectivity index (χ1v) is 19.3. The summed E-state index contributed by atoms with van der Waals surface area (Å²) in [5.41, 5.74) is 0. The first kappa shape index (κ1) is 38.2. The standard InChI is InChI=1S/C39H76N2/c1-5-8-11-13-15-17-19-21-23-25-27-29-31-34-38(39-40-35-36-41(39)37(4)32-10-7-3)33-30-28-26-24-22-20-18-16-14-12-9-6-2/h35-38H,5-34H2,1-4H3/p+1. The number of aromatic amines is 1. The van der Waals surface area contributed by atoms with Gasteiger partial charge in [0.1, 0.15) is 12.4 Å². The van der Waals surface area contributed by atoms with E-state index in [0.717, 1.165) is 0 Å². The van der Waals surface area contributed by atoms with Crippen molar-refractivity contribution in [3.05, 3.63) is 18.2 Å². The van der Waals surface area contributed by atoms with Gasteiger partial charge < -0.3 is 0 Å². The normalized spacial score (nSPS) is 13.2. The Morgan fingerprint density at radius 2 is 0.805 bits per heavy atom. The zero-order valence-corrected chi connectivity index (χ0v) is 29.0. The van der Waals surface area contributed by atoms with Crippen LogP contribution in [0.5, 0.6) is 0 Å². The van der Waals surface area contributed by atoms with E-state index in [9.17, 15) is 0 Å². The Morgan fingerprint density at radius 1 is 0.463 bits per heavy atom. The minimum Gasteiger partial charge on any atom is -0.247 e. The number of aromatic nitrogens is 2. The summed E-state index contributed by atoms with van der Waals surface area (Å²) in [6.07, 6.45) is 47.3. The van der Waals surface area contributed by atoms with Gasteiger partial charge in [0.25, 0.3) is 5.82 Å². The summed E-state index contributed by atoms with van der Waals surface area (Å²) in [5, 5.41) is 0. The molecule has 0 fully saturated rings. The van der Waals surface area contributed by atoms with Gasteiger partial charge in [0.2, 0.25) is 0 Å². The molecule has 1 aromatic rings. The van der Waals surface area contributed by atoms with Crippen LogP contribution >= 0.6 is 0 Å². The summed E-state index contributed by atoms with van der Waals surface area (Å²) in [6, 6.07) is 0.618. The highest BCUT2D eigenvalue weighted by Crippen LogP contribution is 2.27. The molecule has 1 aromatic heterocycles. The molecule has 0 saturated heterocycles. The number of H-pyrrole nitrogens is 1. The summed E-state index contributed by atoms with van der Waals surface area (Å²) < 4.78 is 2.60. The largest absolute Gasteiger partial charge is 0.257 e. The second kappa shape index (κ2) is 29.3. The Balaban J connectivity index is 2.30. The maximum absolute atomic E-state index is 3.72. The van der Waals surface area contributed by atoms with E-state index in [0.29, 0.717) is 12.0 Å². The average molecular weight is 574 g/mol. The zero-order valence-electron chi connectivity index (χ0n) is 29.0. The van der Waals surface area contributed by atoms with E-state index in [1.54, 1.807) is 0 Å². The quantitative estimate of drug-likeness (QED) is 0.0653. The van der Waals surface area contributed by atoms with Gasteiger partial charge in [-0.3, -0.25) is 0 Å². The van der Waals surface area contributed by atoms with Gasteiger partial charge in [-0.1, -0.05) is 188 Å². The van der Waals surface area contributed by atoms with Crippen molar-refractivity contribution < 1.29 is 4.57 Å². The molecule has 2 nitrogen and oxygen atoms in total. The van der Waals surface area contributed by atoms with E-state index in [-0.39, 0.29) is 0 Å². The van der Waals surface area contributed by atoms with Gasteiger partial charge in [-0.25, -0.2) is 9.55 Å². The number of nitrogens with zero attached hydrogens (tertiary/aromatic N) is 1. The molecule has 0 bridgehead atoms. The van der Waals surface area contributed by atoms with Gasteiger partial charge in [-0.05, 0) is 32.6 Å². The predicted octanol–water partition coefficient (Wildman–Crippen LogP) is 13.7. The van der Waals surface area contributed by atoms with Crippen molar-refractivity contribution in [3.8, 4) is 0 Å². The fourth-order valence-corrected chi connectivity index (χ4v) is 6.77. The van der Waals surface area contributed by atoms with Crippen molar-refractivity contribution in [1.29, 1.82) is 0 Å². The molecule has 0 saturated carbocycles. The molecule has 0 spiro atoms. The average Bonchev–Trinajstić information content (AvgIpc) is 3.48. The number of rotatable bonds is 32. The monoisotopic (exact) mass is 574 g/mol. The Kier molecular flexibility index (Phi) is 27.3. The van der Waals surface area contributed by atoms with Crippen LogP contribution in [0.1, 0.15) is 238 Å². The second-order valence-corrected chi connectivity index (χ2v) is 13.6. The third-order valence-electron chi connectivity index (χ3n) is 9.64. The SMILES string of the molecule is CCCCCCCCCCCCCCCC(CCCCCCCCCCCCCC)c1[nH]cc[n+]1C(C)CCCC. The molecule has 0 aliphatic heterocycles. The highest BCUT2D eigenvalue weighted by Gasteiger charge is 2.25. The fourth-order valence-electron chi connectivity index (χ4n) is 6.77. The summed E-state index contributed by atoms with van der Waals surface area (Å²) in [5.74, 6) is 2.24. The maximum Gasteiger partial charge on any atom is 0.257 e. The lowest BCUT2D eigenvalue weighted by atomic mass is 9.92. The van der Waals surface area contributed by atoms with Crippen molar-refractivity contribution in [3.63, 3.8) is 0 Å². The van der Waals surface area contributed by atoms with Gasteiger partial charge in [0, 0.05) is 0 Å². The molecule has 2 atom stereocenters. The Morgan fingerprint density at radius 3 is 1.17 bits per heavy atom. The third kappa shape index (κ3) is 21.5. The van der Waals surface area contributed by atoms with Crippen LogP contribution in [-0.2, 0) is 0 Å². The number of hydrogen-bond donors (Lipinski definition) is 1. The lowest BCUT2D eigenvalue weighted by Gasteiger charge is -2.17. The predicted molar refractivity (Wildman–Crippen MR) is 184 cm³/mol. The molecule has 1 heterocycles. The molecule has 1 rings (SSSR count). The molecule has 2 heteroatoms. The lowest BCUT2D eigenvalue weighted by Crippen LogP contribution is -2.41. The topological polar surface area (TPSA) is 19.7 Å². The number of nitrogens with one attached hydrogen (secondary N) is 1. The third-order valence-corrected chi connectivity index (χ3v) is 9.64. The van der Waals surface area contributed by atoms with Crippen LogP contribution < -0.4 is 4.57 Å².